The molecule has 29 nitrogen and oxygen atoms in total. The Labute approximate surface area is 565 Å². The van der Waals surface area contributed by atoms with Crippen molar-refractivity contribution in [3.05, 3.63) is 12.2 Å². The lowest BCUT2D eigenvalue weighted by Crippen LogP contribution is -2.72. The van der Waals surface area contributed by atoms with Crippen LogP contribution in [0.2, 0.25) is 0 Å². The molecule has 0 aromatic heterocycles. The van der Waals surface area contributed by atoms with Gasteiger partial charge in [-0.05, 0) is 19.3 Å². The molecule has 96 heavy (non-hydrogen) atoms. The van der Waals surface area contributed by atoms with Crippen molar-refractivity contribution in [3.63, 3.8) is 0 Å². The molecule has 23 atom stereocenters. The van der Waals surface area contributed by atoms with Crippen molar-refractivity contribution in [2.24, 2.45) is 0 Å². The van der Waals surface area contributed by atoms with Gasteiger partial charge in [0.05, 0.1) is 57.3 Å². The average molecular weight is 1380 g/mol. The molecule has 0 aromatic carbocycles. The minimum Gasteiger partial charge on any atom is -0.477 e. The number of aliphatic hydroxyl groups is 13. The van der Waals surface area contributed by atoms with Gasteiger partial charge in [0.1, 0.15) is 91.5 Å². The van der Waals surface area contributed by atoms with Crippen LogP contribution in [0.3, 0.4) is 0 Å². The number of carbonyl (C=O) groups is 4. The van der Waals surface area contributed by atoms with Crippen LogP contribution in [0, 0.1) is 0 Å². The van der Waals surface area contributed by atoms with E-state index in [0.29, 0.717) is 12.8 Å². The van der Waals surface area contributed by atoms with Crippen molar-refractivity contribution in [2.75, 3.05) is 33.0 Å². The Kier molecular flexibility index (Phi) is 41.1. The maximum atomic E-state index is 13.7. The zero-order valence-electron chi connectivity index (χ0n) is 57.1. The summed E-state index contributed by atoms with van der Waals surface area (Å²) in [4.78, 5) is 52.4. The molecule has 0 aliphatic carbocycles. The molecule has 4 aliphatic rings. The van der Waals surface area contributed by atoms with Gasteiger partial charge in [-0.25, -0.2) is 4.79 Å². The van der Waals surface area contributed by atoms with Gasteiger partial charge >= 0.3 is 5.97 Å². The van der Waals surface area contributed by atoms with E-state index in [9.17, 15) is 90.7 Å². The molecule has 0 aromatic rings. The van der Waals surface area contributed by atoms with Gasteiger partial charge in [0, 0.05) is 26.7 Å². The fourth-order valence-electron chi connectivity index (χ4n) is 12.8. The summed E-state index contributed by atoms with van der Waals surface area (Å²) in [7, 11) is 0. The first-order valence-electron chi connectivity index (χ1n) is 35.6. The standard InChI is InChI=1S/C67H121N3O26/c1-5-7-9-11-13-15-17-19-20-22-24-26-28-30-32-34-50(79)70-43(44(77)33-31-29-27-25-23-21-18-16-14-12-10-8-6-2)40-89-64-58(85)57(84)60(49(39-74)93-64)94-65-59(86)62(55(82)48(38-73)92-65)96-67(66(87)88)35-46(51(68-41(3)75)61(95-67)53(80)45(78)36-71)90-63-52(69-42(4)76)56(83)54(81)47(37-72)91-63/h31,33,43-49,51-65,71-74,77-78,80-86H,5-30,32,34-40H2,1-4H3,(H,68,75)(H,69,76)(H,70,79)(H,87,88)/t43?,44?,45?,46?,47?,48?,49?,51?,52?,53?,54?,55?,56?,57?,58?,59?,60?,61?,62?,63?,64?,65?,67-/m0/s1. The van der Waals surface area contributed by atoms with Gasteiger partial charge in [-0.2, -0.15) is 0 Å². The lowest BCUT2D eigenvalue weighted by molar-refractivity contribution is -0.390. The molecule has 29 heteroatoms. The van der Waals surface area contributed by atoms with Crippen LogP contribution in [-0.2, 0) is 57.1 Å². The first kappa shape index (κ1) is 85.2. The summed E-state index contributed by atoms with van der Waals surface area (Å²) in [5, 5.41) is 162. The summed E-state index contributed by atoms with van der Waals surface area (Å²) in [5.74, 6) is -7.42. The maximum absolute atomic E-state index is 13.7. The quantitative estimate of drug-likeness (QED) is 0.0300. The van der Waals surface area contributed by atoms with Gasteiger partial charge in [0.2, 0.25) is 17.7 Å². The van der Waals surface area contributed by atoms with E-state index in [1.54, 1.807) is 6.08 Å². The molecule has 4 fully saturated rings. The number of ether oxygens (including phenoxy) is 8. The number of carboxylic acids is 1. The number of allylic oxidation sites excluding steroid dienone is 1. The van der Waals surface area contributed by atoms with Crippen LogP contribution in [-0.4, -0.2) is 269 Å². The van der Waals surface area contributed by atoms with E-state index in [2.05, 4.69) is 29.8 Å². The first-order chi connectivity index (χ1) is 46.0. The van der Waals surface area contributed by atoms with Gasteiger partial charge < -0.3 is 125 Å². The number of carboxylic acid groups (broad SMARTS) is 1. The Morgan fingerprint density at radius 3 is 1.52 bits per heavy atom. The van der Waals surface area contributed by atoms with Crippen LogP contribution in [0.25, 0.3) is 0 Å². The number of amides is 3. The monoisotopic (exact) mass is 1380 g/mol. The normalized spacial score (nSPS) is 32.3. The molecule has 560 valence electrons. The van der Waals surface area contributed by atoms with Crippen molar-refractivity contribution in [3.8, 4) is 0 Å². The number of hydrogen-bond acceptors (Lipinski definition) is 25. The molecule has 3 amide bonds. The first-order valence-corrected chi connectivity index (χ1v) is 35.6. The second-order valence-corrected chi connectivity index (χ2v) is 26.5. The molecule has 0 spiro atoms. The van der Waals surface area contributed by atoms with E-state index < -0.39 is 198 Å². The summed E-state index contributed by atoms with van der Waals surface area (Å²) >= 11 is 0. The molecular formula is C67H121N3O26. The molecule has 17 N–H and O–H groups in total. The Morgan fingerprint density at radius 1 is 0.542 bits per heavy atom. The van der Waals surface area contributed by atoms with Gasteiger partial charge in [-0.15, -0.1) is 0 Å². The number of rotatable bonds is 49. The predicted molar refractivity (Wildman–Crippen MR) is 346 cm³/mol. The highest BCUT2D eigenvalue weighted by atomic mass is 16.8. The smallest absolute Gasteiger partial charge is 0.364 e. The van der Waals surface area contributed by atoms with E-state index in [1.165, 1.54) is 109 Å². The third kappa shape index (κ3) is 27.6. The molecule has 0 bridgehead atoms. The van der Waals surface area contributed by atoms with Crippen molar-refractivity contribution < 1.29 is 129 Å². The molecule has 0 radical (unpaired) electrons. The fourth-order valence-corrected chi connectivity index (χ4v) is 12.8. The summed E-state index contributed by atoms with van der Waals surface area (Å²) in [6.07, 6.45) is -4.12. The zero-order valence-corrected chi connectivity index (χ0v) is 57.1. The van der Waals surface area contributed by atoms with E-state index >= 15 is 0 Å². The fraction of sp³-hybridized carbons (Fsp3) is 0.910. The second kappa shape index (κ2) is 46.3. The Balaban J connectivity index is 1.50. The Morgan fingerprint density at radius 2 is 1.02 bits per heavy atom. The summed E-state index contributed by atoms with van der Waals surface area (Å²) in [6, 6.07) is -4.54. The summed E-state index contributed by atoms with van der Waals surface area (Å²) in [6.45, 7) is 1.81. The van der Waals surface area contributed by atoms with E-state index in [0.717, 1.165) is 65.2 Å². The number of nitrogens with one attached hydrogen (secondary N) is 3. The van der Waals surface area contributed by atoms with Crippen molar-refractivity contribution in [1.82, 2.24) is 16.0 Å². The van der Waals surface area contributed by atoms with Crippen LogP contribution in [0.15, 0.2) is 12.2 Å². The topological polar surface area (TPSA) is 461 Å². The van der Waals surface area contributed by atoms with Crippen LogP contribution in [0.1, 0.15) is 214 Å². The highest BCUT2D eigenvalue weighted by Crippen LogP contribution is 2.41. The van der Waals surface area contributed by atoms with Crippen molar-refractivity contribution in [2.45, 2.75) is 354 Å². The van der Waals surface area contributed by atoms with Crippen molar-refractivity contribution >= 4 is 23.7 Å². The van der Waals surface area contributed by atoms with Gasteiger partial charge in [-0.1, -0.05) is 180 Å². The summed E-state index contributed by atoms with van der Waals surface area (Å²) < 4.78 is 47.4. The van der Waals surface area contributed by atoms with Crippen LogP contribution >= 0.6 is 0 Å². The molecule has 22 unspecified atom stereocenters. The highest BCUT2D eigenvalue weighted by Gasteiger charge is 2.62. The number of hydrogen-bond donors (Lipinski definition) is 17. The minimum atomic E-state index is -3.30. The predicted octanol–water partition coefficient (Wildman–Crippen LogP) is 1.13. The average Bonchev–Trinajstić information content (AvgIpc) is 0.750. The third-order valence-electron chi connectivity index (χ3n) is 18.5. The Hall–Kier alpha value is -3.22. The lowest BCUT2D eigenvalue weighted by atomic mass is 9.87. The zero-order chi connectivity index (χ0) is 70.7. The molecule has 4 rings (SSSR count). The van der Waals surface area contributed by atoms with E-state index in [4.69, 9.17) is 37.9 Å². The van der Waals surface area contributed by atoms with Crippen LogP contribution in [0.5, 0.6) is 0 Å². The van der Waals surface area contributed by atoms with E-state index in [1.807, 2.05) is 6.08 Å². The number of unbranched alkanes of at least 4 members (excludes halogenated alkanes) is 25. The van der Waals surface area contributed by atoms with E-state index in [-0.39, 0.29) is 12.3 Å². The largest absolute Gasteiger partial charge is 0.477 e. The molecule has 0 saturated carbocycles. The molecule has 4 saturated heterocycles. The number of aliphatic hydroxyl groups excluding tert-OH is 13. The number of aliphatic carboxylic acids is 1. The molecule has 4 aliphatic heterocycles. The molecule has 4 heterocycles. The third-order valence-corrected chi connectivity index (χ3v) is 18.5. The summed E-state index contributed by atoms with van der Waals surface area (Å²) in [5.41, 5.74) is 0. The van der Waals surface area contributed by atoms with Crippen LogP contribution in [0.4, 0.5) is 0 Å². The Bertz CT molecular complexity index is 2180. The highest BCUT2D eigenvalue weighted by molar-refractivity contribution is 5.77. The second-order valence-electron chi connectivity index (χ2n) is 26.5. The van der Waals surface area contributed by atoms with Crippen molar-refractivity contribution in [1.29, 1.82) is 0 Å². The lowest BCUT2D eigenvalue weighted by Gasteiger charge is -2.52. The van der Waals surface area contributed by atoms with Gasteiger partial charge in [0.25, 0.3) is 5.79 Å². The van der Waals surface area contributed by atoms with Gasteiger partial charge in [0.15, 0.2) is 18.9 Å². The van der Waals surface area contributed by atoms with Crippen LogP contribution < -0.4 is 16.0 Å². The van der Waals surface area contributed by atoms with Gasteiger partial charge in [-0.3, -0.25) is 14.4 Å². The maximum Gasteiger partial charge on any atom is 0.364 e. The number of carbonyl (C=O) groups excluding carboxylic acids is 3. The molecular weight excluding hydrogens is 1260 g/mol. The SMILES string of the molecule is CCCCCCCCCCCCCC=CC(O)C(COC1OC(CO)C(OC2OC(CO)C(O)C(O[C@]3(C(=O)O)CC(OC4OC(CO)C(O)C(O)C4NC(C)=O)C(NC(C)=O)C(C(O)C(O)CO)O3)C2O)C(O)C1O)NC(=O)CCCCCCCCCCCCCCCCC. The minimum absolute atomic E-state index is 0.171.